The summed E-state index contributed by atoms with van der Waals surface area (Å²) in [5.41, 5.74) is 2.33. The molecule has 0 spiro atoms. The van der Waals surface area contributed by atoms with Crippen LogP contribution in [0.15, 0.2) is 78.9 Å². The molecule has 0 aliphatic heterocycles. The minimum Gasteiger partial charge on any atom is -0.349 e. The van der Waals surface area contributed by atoms with Crippen LogP contribution in [0.5, 0.6) is 0 Å². The predicted octanol–water partition coefficient (Wildman–Crippen LogP) is 5.39. The van der Waals surface area contributed by atoms with Crippen molar-refractivity contribution in [2.45, 2.75) is 6.42 Å². The number of ketones is 1. The fourth-order valence-electron chi connectivity index (χ4n) is 3.22. The molecular formula is C25H20FN3O2S2. The summed E-state index contributed by atoms with van der Waals surface area (Å²) in [4.78, 5) is 25.1. The zero-order valence-electron chi connectivity index (χ0n) is 17.4. The van der Waals surface area contributed by atoms with Gasteiger partial charge in [0.1, 0.15) is 5.82 Å². The molecule has 1 aromatic heterocycles. The maximum atomic E-state index is 13.3. The summed E-state index contributed by atoms with van der Waals surface area (Å²) in [6.07, 6.45) is 0.581. The average Bonchev–Trinajstić information content (AvgIpc) is 3.24. The Bertz CT molecular complexity index is 1290. The number of Topliss-reactive ketones (excluding diaryl/α,β-unsaturated/α-hetero) is 1. The number of hydrogen-bond donors (Lipinski definition) is 3. The highest BCUT2D eigenvalue weighted by molar-refractivity contribution is 7.80. The first kappa shape index (κ1) is 22.6. The first-order valence-electron chi connectivity index (χ1n) is 10.2. The van der Waals surface area contributed by atoms with Crippen molar-refractivity contribution >= 4 is 61.8 Å². The van der Waals surface area contributed by atoms with Crippen molar-refractivity contribution in [3.05, 3.63) is 95.1 Å². The van der Waals surface area contributed by atoms with Crippen molar-refractivity contribution in [3.8, 4) is 0 Å². The fourth-order valence-corrected chi connectivity index (χ4v) is 4.46. The van der Waals surface area contributed by atoms with Gasteiger partial charge in [-0.1, -0.05) is 36.4 Å². The van der Waals surface area contributed by atoms with E-state index in [1.54, 1.807) is 18.2 Å². The Morgan fingerprint density at radius 3 is 2.39 bits per heavy atom. The molecule has 0 radical (unpaired) electrons. The number of benzene rings is 3. The van der Waals surface area contributed by atoms with Crippen molar-refractivity contribution in [1.29, 1.82) is 0 Å². The van der Waals surface area contributed by atoms with E-state index in [2.05, 4.69) is 16.0 Å². The SMILES string of the molecule is O=C(NCCc1ccc(NC(=S)Nc2cccc(F)c2)cc1)C(=O)c1cc2ccccc2s1. The summed E-state index contributed by atoms with van der Waals surface area (Å²) in [7, 11) is 0. The molecule has 0 fully saturated rings. The molecule has 4 rings (SSSR count). The number of rotatable bonds is 7. The van der Waals surface area contributed by atoms with Crippen LogP contribution in [0.25, 0.3) is 10.1 Å². The third-order valence-corrected chi connectivity index (χ3v) is 6.17. The zero-order valence-corrected chi connectivity index (χ0v) is 19.1. The van der Waals surface area contributed by atoms with E-state index in [-0.39, 0.29) is 5.82 Å². The molecule has 4 aromatic rings. The van der Waals surface area contributed by atoms with Crippen LogP contribution in [-0.2, 0) is 11.2 Å². The van der Waals surface area contributed by atoms with Crippen LogP contribution in [0.4, 0.5) is 15.8 Å². The number of anilines is 2. The van der Waals surface area contributed by atoms with E-state index in [9.17, 15) is 14.0 Å². The number of carbonyl (C=O) groups is 2. The molecule has 166 valence electrons. The maximum absolute atomic E-state index is 13.3. The largest absolute Gasteiger partial charge is 0.349 e. The molecular weight excluding hydrogens is 457 g/mol. The van der Waals surface area contributed by atoms with E-state index >= 15 is 0 Å². The molecule has 3 N–H and O–H groups in total. The zero-order chi connectivity index (χ0) is 23.2. The van der Waals surface area contributed by atoms with Crippen molar-refractivity contribution < 1.29 is 14.0 Å². The summed E-state index contributed by atoms with van der Waals surface area (Å²) in [6.45, 7) is 0.349. The number of thiophene rings is 1. The van der Waals surface area contributed by atoms with Crippen LogP contribution < -0.4 is 16.0 Å². The van der Waals surface area contributed by atoms with E-state index in [0.717, 1.165) is 21.3 Å². The van der Waals surface area contributed by atoms with Crippen LogP contribution in [0, 0.1) is 5.82 Å². The summed E-state index contributed by atoms with van der Waals surface area (Å²) in [5, 5.41) is 9.96. The van der Waals surface area contributed by atoms with Crippen LogP contribution >= 0.6 is 23.6 Å². The van der Waals surface area contributed by atoms with Crippen molar-refractivity contribution in [2.24, 2.45) is 0 Å². The van der Waals surface area contributed by atoms with Crippen LogP contribution in [-0.4, -0.2) is 23.3 Å². The van der Waals surface area contributed by atoms with Gasteiger partial charge < -0.3 is 16.0 Å². The Labute approximate surface area is 199 Å². The topological polar surface area (TPSA) is 70.2 Å². The van der Waals surface area contributed by atoms with E-state index < -0.39 is 11.7 Å². The number of fused-ring (bicyclic) bond motifs is 1. The standard InChI is InChI=1S/C25H20FN3O2S2/c26-18-5-3-6-20(15-18)29-25(32)28-19-10-8-16(9-11-19)12-13-27-24(31)23(30)22-14-17-4-1-2-7-21(17)33-22/h1-11,14-15H,12-13H2,(H,27,31)(H2,28,29,32). The van der Waals surface area contributed by atoms with E-state index in [1.807, 2.05) is 48.5 Å². The molecule has 5 nitrogen and oxygen atoms in total. The number of halogens is 1. The van der Waals surface area contributed by atoms with Crippen LogP contribution in [0.1, 0.15) is 15.2 Å². The Kier molecular flexibility index (Phi) is 7.07. The second kappa shape index (κ2) is 10.3. The van der Waals surface area contributed by atoms with Crippen molar-refractivity contribution in [3.63, 3.8) is 0 Å². The Morgan fingerprint density at radius 2 is 1.64 bits per heavy atom. The number of nitrogens with one attached hydrogen (secondary N) is 3. The van der Waals surface area contributed by atoms with Gasteiger partial charge in [-0.2, -0.15) is 0 Å². The third-order valence-electron chi connectivity index (χ3n) is 4.85. The van der Waals surface area contributed by atoms with Gasteiger partial charge in [-0.15, -0.1) is 11.3 Å². The molecule has 0 saturated heterocycles. The first-order valence-corrected chi connectivity index (χ1v) is 11.4. The number of thiocarbonyl (C=S) groups is 1. The van der Waals surface area contributed by atoms with Crippen LogP contribution in [0.3, 0.4) is 0 Å². The molecule has 0 saturated carbocycles. The van der Waals surface area contributed by atoms with Gasteiger partial charge in [-0.3, -0.25) is 9.59 Å². The van der Waals surface area contributed by atoms with E-state index in [0.29, 0.717) is 28.6 Å². The van der Waals surface area contributed by atoms with Gasteiger partial charge in [0.15, 0.2) is 5.11 Å². The second-order valence-electron chi connectivity index (χ2n) is 7.27. The molecule has 8 heteroatoms. The molecule has 0 aliphatic carbocycles. The maximum Gasteiger partial charge on any atom is 0.293 e. The third kappa shape index (κ3) is 6.00. The summed E-state index contributed by atoms with van der Waals surface area (Å²) in [6, 6.07) is 23.0. The molecule has 0 atom stereocenters. The van der Waals surface area contributed by atoms with Gasteiger partial charge >= 0.3 is 0 Å². The minimum absolute atomic E-state index is 0.343. The van der Waals surface area contributed by atoms with Gasteiger partial charge in [0.05, 0.1) is 4.88 Å². The van der Waals surface area contributed by atoms with E-state index in [1.165, 1.54) is 23.5 Å². The highest BCUT2D eigenvalue weighted by Crippen LogP contribution is 2.25. The normalized spacial score (nSPS) is 10.6. The molecule has 0 unspecified atom stereocenters. The summed E-state index contributed by atoms with van der Waals surface area (Å²) < 4.78 is 14.2. The Hall–Kier alpha value is -3.62. The van der Waals surface area contributed by atoms with Gasteiger partial charge in [-0.05, 0) is 72.1 Å². The lowest BCUT2D eigenvalue weighted by molar-refractivity contribution is -0.116. The fraction of sp³-hybridized carbons (Fsp3) is 0.0800. The first-order chi connectivity index (χ1) is 16.0. The molecule has 1 heterocycles. The quantitative estimate of drug-likeness (QED) is 0.189. The molecule has 33 heavy (non-hydrogen) atoms. The van der Waals surface area contributed by atoms with Gasteiger partial charge in [-0.25, -0.2) is 4.39 Å². The van der Waals surface area contributed by atoms with Gasteiger partial charge in [0.25, 0.3) is 11.7 Å². The summed E-state index contributed by atoms with van der Waals surface area (Å²) >= 11 is 6.57. The monoisotopic (exact) mass is 477 g/mol. The molecule has 3 aromatic carbocycles. The van der Waals surface area contributed by atoms with Gasteiger partial charge in [0.2, 0.25) is 0 Å². The molecule has 0 bridgehead atoms. The van der Waals surface area contributed by atoms with E-state index in [4.69, 9.17) is 12.2 Å². The van der Waals surface area contributed by atoms with Crippen molar-refractivity contribution in [2.75, 3.05) is 17.2 Å². The Morgan fingerprint density at radius 1 is 0.879 bits per heavy atom. The number of carbonyl (C=O) groups excluding carboxylic acids is 2. The second-order valence-corrected chi connectivity index (χ2v) is 8.76. The number of hydrogen-bond acceptors (Lipinski definition) is 4. The molecule has 0 aliphatic rings. The lowest BCUT2D eigenvalue weighted by atomic mass is 10.1. The number of amides is 1. The summed E-state index contributed by atoms with van der Waals surface area (Å²) in [5.74, 6) is -1.46. The van der Waals surface area contributed by atoms with Gasteiger partial charge in [0, 0.05) is 22.6 Å². The Balaban J connectivity index is 1.24. The predicted molar refractivity (Wildman–Crippen MR) is 136 cm³/mol. The van der Waals surface area contributed by atoms with Crippen LogP contribution in [0.2, 0.25) is 0 Å². The lowest BCUT2D eigenvalue weighted by Crippen LogP contribution is -2.32. The highest BCUT2D eigenvalue weighted by Gasteiger charge is 2.18. The lowest BCUT2D eigenvalue weighted by Gasteiger charge is -2.11. The smallest absolute Gasteiger partial charge is 0.293 e. The molecule has 1 amide bonds. The minimum atomic E-state index is -0.603. The van der Waals surface area contributed by atoms with Crippen molar-refractivity contribution in [1.82, 2.24) is 5.32 Å². The highest BCUT2D eigenvalue weighted by atomic mass is 32.1. The average molecular weight is 478 g/mol.